The Kier molecular flexibility index (Phi) is 9.52. The number of benzene rings is 1. The van der Waals surface area contributed by atoms with Gasteiger partial charge in [-0.25, -0.2) is 0 Å². The quantitative estimate of drug-likeness (QED) is 0.484. The van der Waals surface area contributed by atoms with Crippen LogP contribution in [0.15, 0.2) is 12.1 Å². The van der Waals surface area contributed by atoms with Gasteiger partial charge in [-0.15, -0.1) is 0 Å². The SMILES string of the molecule is CCCCCCCCCCc1ccc(OC)c(OC)c1OC. The predicted molar refractivity (Wildman–Crippen MR) is 92.4 cm³/mol. The first-order valence-electron chi connectivity index (χ1n) is 8.56. The maximum absolute atomic E-state index is 5.53. The maximum atomic E-state index is 5.53. The fourth-order valence-electron chi connectivity index (χ4n) is 2.81. The highest BCUT2D eigenvalue weighted by Gasteiger charge is 2.15. The standard InChI is InChI=1S/C19H32O3/c1-5-6-7-8-9-10-11-12-13-16-14-15-17(20-2)19(22-4)18(16)21-3/h14-15H,5-13H2,1-4H3. The first-order chi connectivity index (χ1) is 10.8. The van der Waals surface area contributed by atoms with E-state index in [1.165, 1.54) is 56.9 Å². The smallest absolute Gasteiger partial charge is 0.203 e. The Bertz CT molecular complexity index is 415. The molecule has 0 aromatic heterocycles. The van der Waals surface area contributed by atoms with Crippen LogP contribution in [0.1, 0.15) is 63.9 Å². The van der Waals surface area contributed by atoms with Gasteiger partial charge in [0.1, 0.15) is 0 Å². The topological polar surface area (TPSA) is 27.7 Å². The van der Waals surface area contributed by atoms with E-state index in [-0.39, 0.29) is 0 Å². The van der Waals surface area contributed by atoms with Gasteiger partial charge in [0.2, 0.25) is 5.75 Å². The Morgan fingerprint density at radius 2 is 1.27 bits per heavy atom. The lowest BCUT2D eigenvalue weighted by molar-refractivity contribution is 0.322. The molecule has 0 saturated heterocycles. The molecule has 1 aromatic rings. The molecule has 3 heteroatoms. The Morgan fingerprint density at radius 3 is 1.82 bits per heavy atom. The van der Waals surface area contributed by atoms with Crippen LogP contribution < -0.4 is 14.2 Å². The Balaban J connectivity index is 2.42. The normalized spacial score (nSPS) is 10.5. The van der Waals surface area contributed by atoms with Gasteiger partial charge in [0, 0.05) is 0 Å². The van der Waals surface area contributed by atoms with Crippen molar-refractivity contribution in [2.75, 3.05) is 21.3 Å². The van der Waals surface area contributed by atoms with E-state index >= 15 is 0 Å². The molecule has 0 fully saturated rings. The summed E-state index contributed by atoms with van der Waals surface area (Å²) in [5.41, 5.74) is 1.20. The third-order valence-electron chi connectivity index (χ3n) is 4.09. The molecule has 22 heavy (non-hydrogen) atoms. The van der Waals surface area contributed by atoms with E-state index in [0.29, 0.717) is 5.75 Å². The van der Waals surface area contributed by atoms with Crippen LogP contribution in [0.3, 0.4) is 0 Å². The van der Waals surface area contributed by atoms with E-state index in [9.17, 15) is 0 Å². The number of ether oxygens (including phenoxy) is 3. The van der Waals surface area contributed by atoms with Crippen LogP contribution in [0.2, 0.25) is 0 Å². The Morgan fingerprint density at radius 1 is 0.682 bits per heavy atom. The molecule has 126 valence electrons. The number of rotatable bonds is 12. The summed E-state index contributed by atoms with van der Waals surface area (Å²) in [5, 5.41) is 0. The fourth-order valence-corrected chi connectivity index (χ4v) is 2.81. The molecule has 0 bridgehead atoms. The van der Waals surface area contributed by atoms with Gasteiger partial charge in [-0.2, -0.15) is 0 Å². The van der Waals surface area contributed by atoms with Gasteiger partial charge >= 0.3 is 0 Å². The molecule has 0 spiro atoms. The number of unbranched alkanes of at least 4 members (excludes halogenated alkanes) is 7. The predicted octanol–water partition coefficient (Wildman–Crippen LogP) is 5.40. The van der Waals surface area contributed by atoms with E-state index in [4.69, 9.17) is 14.2 Å². The van der Waals surface area contributed by atoms with Gasteiger partial charge < -0.3 is 14.2 Å². The minimum absolute atomic E-state index is 0.696. The number of aryl methyl sites for hydroxylation is 1. The molecular formula is C19H32O3. The fraction of sp³-hybridized carbons (Fsp3) is 0.684. The van der Waals surface area contributed by atoms with Gasteiger partial charge in [0.25, 0.3) is 0 Å². The second kappa shape index (κ2) is 11.2. The Labute approximate surface area is 136 Å². The molecule has 0 aliphatic heterocycles. The van der Waals surface area contributed by atoms with Crippen molar-refractivity contribution in [3.05, 3.63) is 17.7 Å². The minimum atomic E-state index is 0.696. The second-order valence-electron chi connectivity index (χ2n) is 5.72. The lowest BCUT2D eigenvalue weighted by Gasteiger charge is -2.15. The van der Waals surface area contributed by atoms with E-state index in [0.717, 1.165) is 17.9 Å². The van der Waals surface area contributed by atoms with Gasteiger partial charge in [-0.3, -0.25) is 0 Å². The largest absolute Gasteiger partial charge is 0.493 e. The summed E-state index contributed by atoms with van der Waals surface area (Å²) >= 11 is 0. The van der Waals surface area contributed by atoms with E-state index in [1.807, 2.05) is 6.07 Å². The lowest BCUT2D eigenvalue weighted by Crippen LogP contribution is -1.99. The molecule has 1 aromatic carbocycles. The van der Waals surface area contributed by atoms with Crippen molar-refractivity contribution in [2.45, 2.75) is 64.7 Å². The van der Waals surface area contributed by atoms with Crippen molar-refractivity contribution in [1.29, 1.82) is 0 Å². The molecule has 0 saturated carbocycles. The van der Waals surface area contributed by atoms with Crippen molar-refractivity contribution in [3.63, 3.8) is 0 Å². The van der Waals surface area contributed by atoms with Crippen molar-refractivity contribution in [3.8, 4) is 17.2 Å². The van der Waals surface area contributed by atoms with Crippen LogP contribution in [-0.2, 0) is 6.42 Å². The zero-order valence-electron chi connectivity index (χ0n) is 14.7. The third-order valence-corrected chi connectivity index (χ3v) is 4.09. The highest BCUT2D eigenvalue weighted by atomic mass is 16.5. The van der Waals surface area contributed by atoms with Gasteiger partial charge in [-0.1, -0.05) is 57.9 Å². The average Bonchev–Trinajstić information content (AvgIpc) is 2.56. The first kappa shape index (κ1) is 18.7. The summed E-state index contributed by atoms with van der Waals surface area (Å²) in [6, 6.07) is 4.04. The summed E-state index contributed by atoms with van der Waals surface area (Å²) in [7, 11) is 4.99. The maximum Gasteiger partial charge on any atom is 0.203 e. The number of hydrogen-bond acceptors (Lipinski definition) is 3. The molecule has 0 amide bonds. The van der Waals surface area contributed by atoms with Crippen LogP contribution >= 0.6 is 0 Å². The van der Waals surface area contributed by atoms with Crippen LogP contribution in [0.25, 0.3) is 0 Å². The molecule has 0 aliphatic rings. The first-order valence-corrected chi connectivity index (χ1v) is 8.56. The van der Waals surface area contributed by atoms with Crippen LogP contribution in [0.5, 0.6) is 17.2 Å². The van der Waals surface area contributed by atoms with E-state index < -0.39 is 0 Å². The summed E-state index contributed by atoms with van der Waals surface area (Å²) < 4.78 is 16.3. The lowest BCUT2D eigenvalue weighted by atomic mass is 10.0. The molecule has 3 nitrogen and oxygen atoms in total. The monoisotopic (exact) mass is 308 g/mol. The highest BCUT2D eigenvalue weighted by molar-refractivity contribution is 5.55. The number of hydrogen-bond donors (Lipinski definition) is 0. The van der Waals surface area contributed by atoms with Gasteiger partial charge in [0.05, 0.1) is 21.3 Å². The minimum Gasteiger partial charge on any atom is -0.493 e. The average molecular weight is 308 g/mol. The van der Waals surface area contributed by atoms with Crippen molar-refractivity contribution < 1.29 is 14.2 Å². The van der Waals surface area contributed by atoms with Crippen molar-refractivity contribution in [2.24, 2.45) is 0 Å². The number of methoxy groups -OCH3 is 3. The zero-order chi connectivity index (χ0) is 16.2. The highest BCUT2D eigenvalue weighted by Crippen LogP contribution is 2.40. The van der Waals surface area contributed by atoms with Crippen LogP contribution in [0.4, 0.5) is 0 Å². The van der Waals surface area contributed by atoms with Crippen molar-refractivity contribution >= 4 is 0 Å². The Hall–Kier alpha value is -1.38. The molecule has 0 atom stereocenters. The molecular weight excluding hydrogens is 276 g/mol. The van der Waals surface area contributed by atoms with Gasteiger partial charge in [0.15, 0.2) is 11.5 Å². The second-order valence-corrected chi connectivity index (χ2v) is 5.72. The van der Waals surface area contributed by atoms with Crippen molar-refractivity contribution in [1.82, 2.24) is 0 Å². The molecule has 0 heterocycles. The van der Waals surface area contributed by atoms with E-state index in [1.54, 1.807) is 21.3 Å². The summed E-state index contributed by atoms with van der Waals surface area (Å²) in [6.45, 7) is 2.26. The van der Waals surface area contributed by atoms with E-state index in [2.05, 4.69) is 13.0 Å². The molecule has 0 aliphatic carbocycles. The summed E-state index contributed by atoms with van der Waals surface area (Å²) in [6.07, 6.45) is 11.7. The summed E-state index contributed by atoms with van der Waals surface area (Å²) in [4.78, 5) is 0. The van der Waals surface area contributed by atoms with Crippen LogP contribution in [-0.4, -0.2) is 21.3 Å². The molecule has 0 unspecified atom stereocenters. The third kappa shape index (κ3) is 5.78. The molecule has 0 radical (unpaired) electrons. The molecule has 0 N–H and O–H groups in total. The van der Waals surface area contributed by atoms with Crippen LogP contribution in [0, 0.1) is 0 Å². The molecule has 1 rings (SSSR count). The zero-order valence-corrected chi connectivity index (χ0v) is 14.7. The summed E-state index contributed by atoms with van der Waals surface area (Å²) in [5.74, 6) is 2.23. The van der Waals surface area contributed by atoms with Gasteiger partial charge in [-0.05, 0) is 24.5 Å².